The molecule has 0 radical (unpaired) electrons. The maximum atomic E-state index is 12.7. The molecular weight excluding hydrogens is 364 g/mol. The van der Waals surface area contributed by atoms with E-state index in [9.17, 15) is 18.0 Å². The number of hydrogen-bond acceptors (Lipinski definition) is 4. The Kier molecular flexibility index (Phi) is 5.79. The fraction of sp³-hybridized carbons (Fsp3) is 0.529. The van der Waals surface area contributed by atoms with Gasteiger partial charge >= 0.3 is 0 Å². The lowest BCUT2D eigenvalue weighted by Crippen LogP contribution is -2.51. The molecule has 8 heteroatoms. The fourth-order valence-electron chi connectivity index (χ4n) is 2.79. The summed E-state index contributed by atoms with van der Waals surface area (Å²) in [5, 5.41) is 3.36. The number of hydrogen-bond donors (Lipinski definition) is 1. The van der Waals surface area contributed by atoms with Crippen molar-refractivity contribution in [1.82, 2.24) is 10.2 Å². The van der Waals surface area contributed by atoms with Gasteiger partial charge in [0.1, 0.15) is 5.41 Å². The Morgan fingerprint density at radius 3 is 2.40 bits per heavy atom. The molecule has 2 amide bonds. The first-order valence-electron chi connectivity index (χ1n) is 8.03. The number of sulfone groups is 1. The molecule has 0 bridgehead atoms. The molecule has 1 aliphatic heterocycles. The highest BCUT2D eigenvalue weighted by molar-refractivity contribution is 7.91. The molecular formula is C17H23ClN2O4S. The first kappa shape index (κ1) is 19.7. The molecule has 1 aromatic rings. The summed E-state index contributed by atoms with van der Waals surface area (Å²) in [6.07, 6.45) is 0.410. The third-order valence-electron chi connectivity index (χ3n) is 4.55. The van der Waals surface area contributed by atoms with Crippen LogP contribution in [0.1, 0.15) is 25.8 Å². The average Bonchev–Trinajstić information content (AvgIpc) is 2.92. The third-order valence-corrected chi connectivity index (χ3v) is 6.55. The zero-order valence-electron chi connectivity index (χ0n) is 14.6. The van der Waals surface area contributed by atoms with Crippen molar-refractivity contribution in [2.45, 2.75) is 32.9 Å². The number of rotatable bonds is 5. The number of halogens is 1. The molecule has 0 aromatic heterocycles. The van der Waals surface area contributed by atoms with Crippen molar-refractivity contribution in [2.24, 2.45) is 5.41 Å². The highest BCUT2D eigenvalue weighted by Crippen LogP contribution is 2.24. The molecule has 1 N–H and O–H groups in total. The van der Waals surface area contributed by atoms with E-state index in [1.807, 2.05) is 0 Å². The van der Waals surface area contributed by atoms with Gasteiger partial charge in [-0.2, -0.15) is 0 Å². The van der Waals surface area contributed by atoms with Crippen molar-refractivity contribution >= 4 is 33.3 Å². The molecule has 138 valence electrons. The van der Waals surface area contributed by atoms with E-state index in [-0.39, 0.29) is 30.0 Å². The quantitative estimate of drug-likeness (QED) is 0.779. The van der Waals surface area contributed by atoms with Crippen LogP contribution in [0.15, 0.2) is 24.3 Å². The van der Waals surface area contributed by atoms with Gasteiger partial charge < -0.3 is 10.2 Å². The predicted octanol–water partition coefficient (Wildman–Crippen LogP) is 1.63. The van der Waals surface area contributed by atoms with E-state index in [1.165, 1.54) is 4.90 Å². The van der Waals surface area contributed by atoms with Gasteiger partial charge in [-0.25, -0.2) is 8.42 Å². The Morgan fingerprint density at radius 2 is 1.88 bits per heavy atom. The van der Waals surface area contributed by atoms with E-state index in [0.717, 1.165) is 5.56 Å². The van der Waals surface area contributed by atoms with Crippen LogP contribution in [-0.2, 0) is 26.0 Å². The summed E-state index contributed by atoms with van der Waals surface area (Å²) in [5.41, 5.74) is -0.413. The second-order valence-corrected chi connectivity index (χ2v) is 9.57. The maximum Gasteiger partial charge on any atom is 0.237 e. The number of amides is 2. The molecule has 6 nitrogen and oxygen atoms in total. The van der Waals surface area contributed by atoms with Gasteiger partial charge in [0.15, 0.2) is 9.84 Å². The molecule has 1 fully saturated rings. The minimum absolute atomic E-state index is 0.0439. The van der Waals surface area contributed by atoms with Crippen molar-refractivity contribution < 1.29 is 18.0 Å². The highest BCUT2D eigenvalue weighted by atomic mass is 35.5. The molecule has 0 saturated carbocycles. The van der Waals surface area contributed by atoms with Gasteiger partial charge in [-0.15, -0.1) is 0 Å². The van der Waals surface area contributed by atoms with Crippen LogP contribution in [0.3, 0.4) is 0 Å². The van der Waals surface area contributed by atoms with Gasteiger partial charge in [0.05, 0.1) is 11.5 Å². The second-order valence-electron chi connectivity index (χ2n) is 6.91. The lowest BCUT2D eigenvalue weighted by atomic mass is 9.89. The summed E-state index contributed by atoms with van der Waals surface area (Å²) < 4.78 is 23.2. The van der Waals surface area contributed by atoms with Crippen LogP contribution in [0.4, 0.5) is 0 Å². The van der Waals surface area contributed by atoms with Crippen LogP contribution in [0.2, 0.25) is 5.02 Å². The molecule has 0 spiro atoms. The maximum absolute atomic E-state index is 12.7. The molecule has 25 heavy (non-hydrogen) atoms. The number of carbonyl (C=O) groups excluding carboxylic acids is 2. The van der Waals surface area contributed by atoms with Crippen molar-refractivity contribution in [3.8, 4) is 0 Å². The van der Waals surface area contributed by atoms with Crippen molar-refractivity contribution in [2.75, 3.05) is 18.6 Å². The lowest BCUT2D eigenvalue weighted by molar-refractivity contribution is -0.148. The normalized spacial score (nSPS) is 19.4. The standard InChI is InChI=1S/C17H23ClN2O4S/c1-17(2,15(21)19-10-12-4-6-13(18)7-5-12)16(22)20(3)14-8-9-25(23,24)11-14/h4-7,14H,8-11H2,1-3H3,(H,19,21). The van der Waals surface area contributed by atoms with Crippen LogP contribution in [-0.4, -0.2) is 49.7 Å². The summed E-state index contributed by atoms with van der Waals surface area (Å²) in [4.78, 5) is 26.6. The van der Waals surface area contributed by atoms with Crippen LogP contribution in [0.5, 0.6) is 0 Å². The Labute approximate surface area is 153 Å². The summed E-state index contributed by atoms with van der Waals surface area (Å²) >= 11 is 5.83. The number of carbonyl (C=O) groups is 2. The van der Waals surface area contributed by atoms with Gasteiger partial charge in [-0.1, -0.05) is 23.7 Å². The zero-order chi connectivity index (χ0) is 18.8. The third kappa shape index (κ3) is 4.73. The Morgan fingerprint density at radius 1 is 1.28 bits per heavy atom. The summed E-state index contributed by atoms with van der Waals surface area (Å²) in [6, 6.07) is 6.68. The van der Waals surface area contributed by atoms with Crippen molar-refractivity contribution in [3.05, 3.63) is 34.9 Å². The monoisotopic (exact) mass is 386 g/mol. The SMILES string of the molecule is CN(C(=O)C(C)(C)C(=O)NCc1ccc(Cl)cc1)C1CCS(=O)(=O)C1. The summed E-state index contributed by atoms with van der Waals surface area (Å²) in [6.45, 7) is 3.38. The van der Waals surface area contributed by atoms with E-state index >= 15 is 0 Å². The zero-order valence-corrected chi connectivity index (χ0v) is 16.2. The van der Waals surface area contributed by atoms with Gasteiger partial charge in [0.25, 0.3) is 0 Å². The highest BCUT2D eigenvalue weighted by Gasteiger charge is 2.42. The molecule has 0 aliphatic carbocycles. The van der Waals surface area contributed by atoms with Crippen molar-refractivity contribution in [3.63, 3.8) is 0 Å². The first-order chi connectivity index (χ1) is 11.5. The second kappa shape index (κ2) is 7.33. The molecule has 1 unspecified atom stereocenters. The molecule has 1 aromatic carbocycles. The largest absolute Gasteiger partial charge is 0.351 e. The molecule has 1 saturated heterocycles. The number of nitrogens with one attached hydrogen (secondary N) is 1. The minimum Gasteiger partial charge on any atom is -0.351 e. The van der Waals surface area contributed by atoms with E-state index < -0.39 is 21.2 Å². The van der Waals surface area contributed by atoms with Gasteiger partial charge in [-0.3, -0.25) is 9.59 Å². The lowest BCUT2D eigenvalue weighted by Gasteiger charge is -2.31. The topological polar surface area (TPSA) is 83.6 Å². The van der Waals surface area contributed by atoms with E-state index in [2.05, 4.69) is 5.32 Å². The summed E-state index contributed by atoms with van der Waals surface area (Å²) in [5.74, 6) is -0.751. The average molecular weight is 387 g/mol. The summed E-state index contributed by atoms with van der Waals surface area (Å²) in [7, 11) is -1.54. The first-order valence-corrected chi connectivity index (χ1v) is 10.2. The minimum atomic E-state index is -3.09. The van der Waals surface area contributed by atoms with Crippen LogP contribution in [0.25, 0.3) is 0 Å². The molecule has 1 atom stereocenters. The Hall–Kier alpha value is -1.60. The van der Waals surface area contributed by atoms with Crippen LogP contribution < -0.4 is 5.32 Å². The van der Waals surface area contributed by atoms with Gasteiger partial charge in [0, 0.05) is 24.7 Å². The van der Waals surface area contributed by atoms with E-state index in [4.69, 9.17) is 11.6 Å². The smallest absolute Gasteiger partial charge is 0.237 e. The van der Waals surface area contributed by atoms with E-state index in [1.54, 1.807) is 45.2 Å². The fourth-order valence-corrected chi connectivity index (χ4v) is 4.69. The van der Waals surface area contributed by atoms with Gasteiger partial charge in [-0.05, 0) is 38.0 Å². The molecule has 1 aliphatic rings. The molecule has 2 rings (SSSR count). The Balaban J connectivity index is 1.99. The van der Waals surface area contributed by atoms with Crippen molar-refractivity contribution in [1.29, 1.82) is 0 Å². The van der Waals surface area contributed by atoms with Crippen LogP contribution >= 0.6 is 11.6 Å². The predicted molar refractivity (Wildman–Crippen MR) is 96.9 cm³/mol. The number of nitrogens with zero attached hydrogens (tertiary/aromatic N) is 1. The number of benzene rings is 1. The van der Waals surface area contributed by atoms with E-state index in [0.29, 0.717) is 11.4 Å². The van der Waals surface area contributed by atoms with Crippen LogP contribution in [0, 0.1) is 5.41 Å². The molecule has 1 heterocycles. The Bertz CT molecular complexity index is 759. The van der Waals surface area contributed by atoms with Gasteiger partial charge in [0.2, 0.25) is 11.8 Å².